The summed E-state index contributed by atoms with van der Waals surface area (Å²) in [6.45, 7) is 2.87. The summed E-state index contributed by atoms with van der Waals surface area (Å²) >= 11 is 0. The average molecular weight is 272 g/mol. The van der Waals surface area contributed by atoms with Crippen molar-refractivity contribution in [1.29, 1.82) is 5.26 Å². The molecule has 1 aliphatic carbocycles. The van der Waals surface area contributed by atoms with Crippen LogP contribution < -0.4 is 0 Å². The first-order chi connectivity index (χ1) is 9.71. The van der Waals surface area contributed by atoms with Gasteiger partial charge >= 0.3 is 0 Å². The lowest BCUT2D eigenvalue weighted by Gasteiger charge is -2.39. The highest BCUT2D eigenvalue weighted by atomic mass is 19.1. The van der Waals surface area contributed by atoms with E-state index in [1.807, 2.05) is 0 Å². The molecule has 3 heteroatoms. The van der Waals surface area contributed by atoms with Gasteiger partial charge in [-0.05, 0) is 68.0 Å². The Morgan fingerprint density at radius 3 is 2.50 bits per heavy atom. The molecule has 3 rings (SSSR count). The van der Waals surface area contributed by atoms with E-state index in [0.29, 0.717) is 17.5 Å². The molecule has 1 aromatic rings. The topological polar surface area (TPSA) is 27.0 Å². The van der Waals surface area contributed by atoms with Gasteiger partial charge in [0.05, 0.1) is 11.6 Å². The number of nitrogens with zero attached hydrogens (tertiary/aromatic N) is 2. The Kier molecular flexibility index (Phi) is 3.76. The number of benzene rings is 1. The van der Waals surface area contributed by atoms with E-state index in [4.69, 9.17) is 5.26 Å². The molecule has 20 heavy (non-hydrogen) atoms. The van der Waals surface area contributed by atoms with Gasteiger partial charge in [0.15, 0.2) is 0 Å². The first-order valence-electron chi connectivity index (χ1n) is 7.62. The van der Waals surface area contributed by atoms with Crippen molar-refractivity contribution in [3.8, 4) is 6.07 Å². The third kappa shape index (κ3) is 2.71. The lowest BCUT2D eigenvalue weighted by Crippen LogP contribution is -2.38. The molecule has 2 nitrogen and oxygen atoms in total. The largest absolute Gasteiger partial charge is 0.299 e. The van der Waals surface area contributed by atoms with Crippen LogP contribution in [-0.2, 0) is 6.54 Å². The molecule has 1 spiro atoms. The van der Waals surface area contributed by atoms with Crippen LogP contribution in [0, 0.1) is 22.6 Å². The highest BCUT2D eigenvalue weighted by Gasteiger charge is 2.36. The van der Waals surface area contributed by atoms with Crippen LogP contribution in [0.2, 0.25) is 0 Å². The molecular weight excluding hydrogens is 251 g/mol. The Hall–Kier alpha value is -1.40. The van der Waals surface area contributed by atoms with Crippen LogP contribution in [0.25, 0.3) is 0 Å². The van der Waals surface area contributed by atoms with Gasteiger partial charge in [-0.3, -0.25) is 4.90 Å². The summed E-state index contributed by atoms with van der Waals surface area (Å²) in [5.41, 5.74) is 2.04. The van der Waals surface area contributed by atoms with Crippen molar-refractivity contribution in [2.24, 2.45) is 5.41 Å². The molecule has 0 amide bonds. The number of hydrogen-bond acceptors (Lipinski definition) is 2. The fraction of sp³-hybridized carbons (Fsp3) is 0.588. The summed E-state index contributed by atoms with van der Waals surface area (Å²) in [7, 11) is 0. The monoisotopic (exact) mass is 272 g/mol. The Labute approximate surface area is 120 Å². The Bertz CT molecular complexity index is 516. The Morgan fingerprint density at radius 1 is 1.15 bits per heavy atom. The van der Waals surface area contributed by atoms with Crippen LogP contribution in [0.1, 0.15) is 49.7 Å². The molecule has 106 valence electrons. The molecule has 0 aromatic heterocycles. The maximum atomic E-state index is 13.4. The average Bonchev–Trinajstić information content (AvgIpc) is 2.90. The van der Waals surface area contributed by atoms with Crippen molar-refractivity contribution < 1.29 is 4.39 Å². The van der Waals surface area contributed by atoms with Gasteiger partial charge in [0, 0.05) is 6.54 Å². The van der Waals surface area contributed by atoms with Gasteiger partial charge in [0.1, 0.15) is 5.82 Å². The number of piperidine rings is 1. The molecule has 0 unspecified atom stereocenters. The van der Waals surface area contributed by atoms with Gasteiger partial charge in [-0.25, -0.2) is 4.39 Å². The first-order valence-corrected chi connectivity index (χ1v) is 7.62. The van der Waals surface area contributed by atoms with Crippen LogP contribution in [0.3, 0.4) is 0 Å². The number of rotatable bonds is 2. The van der Waals surface area contributed by atoms with Crippen LogP contribution in [-0.4, -0.2) is 18.0 Å². The Morgan fingerprint density at radius 2 is 1.85 bits per heavy atom. The molecule has 2 fully saturated rings. The first kappa shape index (κ1) is 13.6. The fourth-order valence-electron chi connectivity index (χ4n) is 3.85. The third-order valence-corrected chi connectivity index (χ3v) is 5.16. The van der Waals surface area contributed by atoms with Crippen molar-refractivity contribution in [3.05, 3.63) is 35.1 Å². The smallest absolute Gasteiger partial charge is 0.123 e. The molecule has 2 aliphatic rings. The normalized spacial score (nSPS) is 22.0. The number of likely N-dealkylation sites (tertiary alicyclic amines) is 1. The summed E-state index contributed by atoms with van der Waals surface area (Å²) in [4.78, 5) is 2.37. The molecule has 1 heterocycles. The third-order valence-electron chi connectivity index (χ3n) is 5.16. The van der Waals surface area contributed by atoms with E-state index in [0.717, 1.165) is 18.7 Å². The summed E-state index contributed by atoms with van der Waals surface area (Å²) in [5, 5.41) is 9.12. The van der Waals surface area contributed by atoms with Gasteiger partial charge < -0.3 is 0 Å². The maximum absolute atomic E-state index is 13.4. The molecule has 1 aliphatic heterocycles. The number of halogens is 1. The van der Waals surface area contributed by atoms with Gasteiger partial charge in [0.25, 0.3) is 0 Å². The molecule has 0 radical (unpaired) electrons. The van der Waals surface area contributed by atoms with Crippen molar-refractivity contribution >= 4 is 0 Å². The second-order valence-corrected chi connectivity index (χ2v) is 6.40. The van der Waals surface area contributed by atoms with Gasteiger partial charge in [-0.1, -0.05) is 12.8 Å². The molecule has 1 saturated carbocycles. The summed E-state index contributed by atoms with van der Waals surface area (Å²) in [5.74, 6) is -0.247. The van der Waals surface area contributed by atoms with Crippen molar-refractivity contribution in [1.82, 2.24) is 4.90 Å². The molecular formula is C17H21FN2. The minimum absolute atomic E-state index is 0.247. The maximum Gasteiger partial charge on any atom is 0.123 e. The van der Waals surface area contributed by atoms with Crippen molar-refractivity contribution in [3.63, 3.8) is 0 Å². The van der Waals surface area contributed by atoms with Crippen LogP contribution in [0.15, 0.2) is 18.2 Å². The molecule has 1 saturated heterocycles. The summed E-state index contributed by atoms with van der Waals surface area (Å²) < 4.78 is 13.4. The number of nitriles is 1. The zero-order valence-electron chi connectivity index (χ0n) is 11.9. The Balaban J connectivity index is 1.65. The second kappa shape index (κ2) is 5.54. The molecule has 0 N–H and O–H groups in total. The predicted octanol–water partition coefficient (Wildman–Crippen LogP) is 3.85. The number of hydrogen-bond donors (Lipinski definition) is 0. The molecule has 1 aromatic carbocycles. The van der Waals surface area contributed by atoms with Crippen molar-refractivity contribution in [2.45, 2.75) is 45.1 Å². The van der Waals surface area contributed by atoms with Crippen LogP contribution in [0.4, 0.5) is 4.39 Å². The van der Waals surface area contributed by atoms with Crippen LogP contribution >= 0.6 is 0 Å². The van der Waals surface area contributed by atoms with E-state index in [9.17, 15) is 4.39 Å². The predicted molar refractivity (Wildman–Crippen MR) is 76.5 cm³/mol. The SMILES string of the molecule is N#Cc1ccc(F)cc1CN1CCC2(CCCC2)CC1. The standard InChI is InChI=1S/C17H21FN2/c18-16-4-3-14(12-19)15(11-16)13-20-9-7-17(8-10-20)5-1-2-6-17/h3-4,11H,1-2,5-10,13H2. The molecule has 0 bridgehead atoms. The van der Waals surface area contributed by atoms with Gasteiger partial charge in [0.2, 0.25) is 0 Å². The lowest BCUT2D eigenvalue weighted by atomic mass is 9.77. The van der Waals surface area contributed by atoms with E-state index >= 15 is 0 Å². The van der Waals surface area contributed by atoms with E-state index in [-0.39, 0.29) is 5.82 Å². The van der Waals surface area contributed by atoms with Crippen LogP contribution in [0.5, 0.6) is 0 Å². The van der Waals surface area contributed by atoms with E-state index in [1.54, 1.807) is 6.07 Å². The zero-order chi connectivity index (χ0) is 14.0. The fourth-order valence-corrected chi connectivity index (χ4v) is 3.85. The second-order valence-electron chi connectivity index (χ2n) is 6.40. The van der Waals surface area contributed by atoms with E-state index < -0.39 is 0 Å². The van der Waals surface area contributed by atoms with Gasteiger partial charge in [-0.15, -0.1) is 0 Å². The summed E-state index contributed by atoms with van der Waals surface area (Å²) in [6.07, 6.45) is 8.11. The van der Waals surface area contributed by atoms with Crippen molar-refractivity contribution in [2.75, 3.05) is 13.1 Å². The van der Waals surface area contributed by atoms with E-state index in [2.05, 4.69) is 11.0 Å². The highest BCUT2D eigenvalue weighted by molar-refractivity contribution is 5.37. The van der Waals surface area contributed by atoms with Gasteiger partial charge in [-0.2, -0.15) is 5.26 Å². The lowest BCUT2D eigenvalue weighted by molar-refractivity contribution is 0.103. The summed E-state index contributed by atoms with van der Waals surface area (Å²) in [6, 6.07) is 6.64. The minimum Gasteiger partial charge on any atom is -0.299 e. The highest BCUT2D eigenvalue weighted by Crippen LogP contribution is 2.46. The minimum atomic E-state index is -0.247. The van der Waals surface area contributed by atoms with E-state index in [1.165, 1.54) is 50.7 Å². The molecule has 0 atom stereocenters. The quantitative estimate of drug-likeness (QED) is 0.817. The zero-order valence-corrected chi connectivity index (χ0v) is 11.9.